The van der Waals surface area contributed by atoms with Crippen LogP contribution in [0.1, 0.15) is 55.5 Å². The first-order valence-corrected chi connectivity index (χ1v) is 8.93. The molecule has 0 bridgehead atoms. The molecule has 0 aromatic heterocycles. The number of nitrogens with one attached hydrogen (secondary N) is 2. The second-order valence-electron chi connectivity index (χ2n) is 7.21. The Morgan fingerprint density at radius 2 is 2.08 bits per heavy atom. The number of amides is 4. The van der Waals surface area contributed by atoms with Crippen molar-refractivity contribution in [2.45, 2.75) is 52.1 Å². The number of benzene rings is 1. The van der Waals surface area contributed by atoms with Crippen LogP contribution in [0.15, 0.2) is 18.2 Å². The number of anilines is 1. The summed E-state index contributed by atoms with van der Waals surface area (Å²) in [7, 11) is 0. The van der Waals surface area contributed by atoms with Gasteiger partial charge >= 0.3 is 0 Å². The smallest absolute Gasteiger partial charge is 0.255 e. The van der Waals surface area contributed by atoms with E-state index >= 15 is 0 Å². The van der Waals surface area contributed by atoms with Crippen LogP contribution in [0.3, 0.4) is 0 Å². The maximum Gasteiger partial charge on any atom is 0.255 e. The Morgan fingerprint density at radius 1 is 1.31 bits per heavy atom. The molecule has 3 rings (SSSR count). The Labute approximate surface area is 152 Å². The highest BCUT2D eigenvalue weighted by atomic mass is 16.2. The third-order valence-corrected chi connectivity index (χ3v) is 4.80. The minimum Gasteiger partial charge on any atom is -0.326 e. The lowest BCUT2D eigenvalue weighted by Gasteiger charge is -2.29. The summed E-state index contributed by atoms with van der Waals surface area (Å²) in [5.41, 5.74) is 1.83. The topological polar surface area (TPSA) is 95.6 Å². The molecule has 7 heteroatoms. The molecular weight excluding hydrogens is 334 g/mol. The van der Waals surface area contributed by atoms with E-state index < -0.39 is 11.9 Å². The Hall–Kier alpha value is -2.70. The molecule has 2 heterocycles. The molecule has 7 nitrogen and oxygen atoms in total. The predicted octanol–water partition coefficient (Wildman–Crippen LogP) is 1.82. The molecule has 2 aliphatic rings. The lowest BCUT2D eigenvalue weighted by molar-refractivity contribution is -0.137. The molecule has 2 N–H and O–H groups in total. The minimum absolute atomic E-state index is 0.0843. The molecular formula is C19H23N3O4. The summed E-state index contributed by atoms with van der Waals surface area (Å²) in [6.45, 7) is 4.37. The SMILES string of the molecule is CC(C)CCC(=O)Nc1cccc2c1CN(C1CCC(=O)NC1=O)C2=O. The van der Waals surface area contributed by atoms with Crippen LogP contribution >= 0.6 is 0 Å². The van der Waals surface area contributed by atoms with Crippen LogP contribution in [-0.4, -0.2) is 34.6 Å². The number of nitrogens with zero attached hydrogens (tertiary/aromatic N) is 1. The number of piperidine rings is 1. The highest BCUT2D eigenvalue weighted by Crippen LogP contribution is 2.32. The van der Waals surface area contributed by atoms with Crippen molar-refractivity contribution in [3.63, 3.8) is 0 Å². The molecule has 1 aromatic rings. The zero-order chi connectivity index (χ0) is 18.8. The third-order valence-electron chi connectivity index (χ3n) is 4.80. The van der Waals surface area contributed by atoms with Crippen LogP contribution in [0.4, 0.5) is 5.69 Å². The number of hydrogen-bond acceptors (Lipinski definition) is 4. The van der Waals surface area contributed by atoms with Gasteiger partial charge in [-0.15, -0.1) is 0 Å². The lowest BCUT2D eigenvalue weighted by Crippen LogP contribution is -2.52. The first-order valence-electron chi connectivity index (χ1n) is 8.93. The molecule has 1 aromatic carbocycles. The highest BCUT2D eigenvalue weighted by Gasteiger charge is 2.39. The summed E-state index contributed by atoms with van der Waals surface area (Å²) < 4.78 is 0. The molecule has 0 saturated carbocycles. The minimum atomic E-state index is -0.655. The molecule has 1 unspecified atom stereocenters. The Balaban J connectivity index is 1.76. The van der Waals surface area contributed by atoms with Crippen molar-refractivity contribution in [3.05, 3.63) is 29.3 Å². The van der Waals surface area contributed by atoms with E-state index in [1.807, 2.05) is 0 Å². The monoisotopic (exact) mass is 357 g/mol. The fourth-order valence-corrected chi connectivity index (χ4v) is 3.34. The van der Waals surface area contributed by atoms with Crippen molar-refractivity contribution in [1.29, 1.82) is 0 Å². The van der Waals surface area contributed by atoms with Gasteiger partial charge in [0.2, 0.25) is 17.7 Å². The van der Waals surface area contributed by atoms with Gasteiger partial charge in [0.25, 0.3) is 5.91 Å². The maximum atomic E-state index is 12.7. The summed E-state index contributed by atoms with van der Waals surface area (Å²) in [6, 6.07) is 4.54. The Kier molecular flexibility index (Phi) is 5.06. The van der Waals surface area contributed by atoms with Gasteiger partial charge < -0.3 is 10.2 Å². The normalized spacial score (nSPS) is 19.6. The molecule has 0 radical (unpaired) electrons. The van der Waals surface area contributed by atoms with E-state index in [0.29, 0.717) is 30.0 Å². The average molecular weight is 357 g/mol. The van der Waals surface area contributed by atoms with Gasteiger partial charge in [-0.05, 0) is 30.9 Å². The van der Waals surface area contributed by atoms with Crippen LogP contribution in [0.25, 0.3) is 0 Å². The number of carbonyl (C=O) groups is 4. The fourth-order valence-electron chi connectivity index (χ4n) is 3.34. The van der Waals surface area contributed by atoms with Gasteiger partial charge in [0.1, 0.15) is 6.04 Å². The van der Waals surface area contributed by atoms with Crippen molar-refractivity contribution >= 4 is 29.3 Å². The van der Waals surface area contributed by atoms with Crippen LogP contribution in [0.5, 0.6) is 0 Å². The molecule has 2 aliphatic heterocycles. The van der Waals surface area contributed by atoms with E-state index in [1.54, 1.807) is 18.2 Å². The lowest BCUT2D eigenvalue weighted by atomic mass is 10.0. The van der Waals surface area contributed by atoms with Gasteiger partial charge in [-0.3, -0.25) is 24.5 Å². The number of fused-ring (bicyclic) bond motifs is 1. The number of imide groups is 1. The third kappa shape index (κ3) is 3.61. The molecule has 1 fully saturated rings. The maximum absolute atomic E-state index is 12.7. The van der Waals surface area contributed by atoms with E-state index in [9.17, 15) is 19.2 Å². The summed E-state index contributed by atoms with van der Waals surface area (Å²) in [4.78, 5) is 49.8. The van der Waals surface area contributed by atoms with Gasteiger partial charge in [-0.2, -0.15) is 0 Å². The summed E-state index contributed by atoms with van der Waals surface area (Å²) in [5, 5.41) is 5.17. The van der Waals surface area contributed by atoms with E-state index in [-0.39, 0.29) is 30.7 Å². The molecule has 0 aliphatic carbocycles. The first kappa shape index (κ1) is 18.1. The standard InChI is InChI=1S/C19H23N3O4/c1-11(2)6-8-16(23)20-14-5-3-4-12-13(14)10-22(19(12)26)15-7-9-17(24)21-18(15)25/h3-5,11,15H,6-10H2,1-2H3,(H,20,23)(H,21,24,25). The van der Waals surface area contributed by atoms with E-state index in [2.05, 4.69) is 24.5 Å². The Morgan fingerprint density at radius 3 is 2.77 bits per heavy atom. The van der Waals surface area contributed by atoms with Crippen molar-refractivity contribution < 1.29 is 19.2 Å². The van der Waals surface area contributed by atoms with Gasteiger partial charge in [-0.25, -0.2) is 0 Å². The van der Waals surface area contributed by atoms with Crippen LogP contribution in [0, 0.1) is 5.92 Å². The number of carbonyl (C=O) groups excluding carboxylic acids is 4. The predicted molar refractivity (Wildman–Crippen MR) is 95.2 cm³/mol. The summed E-state index contributed by atoms with van der Waals surface area (Å²) >= 11 is 0. The van der Waals surface area contributed by atoms with Gasteiger partial charge in [0.15, 0.2) is 0 Å². The zero-order valence-electron chi connectivity index (χ0n) is 15.0. The van der Waals surface area contributed by atoms with Crippen molar-refractivity contribution in [2.24, 2.45) is 5.92 Å². The van der Waals surface area contributed by atoms with E-state index in [1.165, 1.54) is 4.90 Å². The quantitative estimate of drug-likeness (QED) is 0.786. The molecule has 1 saturated heterocycles. The first-order chi connectivity index (χ1) is 12.4. The molecule has 0 spiro atoms. The van der Waals surface area contributed by atoms with Crippen molar-refractivity contribution in [3.8, 4) is 0 Å². The summed E-state index contributed by atoms with van der Waals surface area (Å²) in [6.07, 6.45) is 1.75. The van der Waals surface area contributed by atoms with Gasteiger partial charge in [0, 0.05) is 36.2 Å². The highest BCUT2D eigenvalue weighted by molar-refractivity contribution is 6.06. The van der Waals surface area contributed by atoms with Gasteiger partial charge in [0.05, 0.1) is 0 Å². The van der Waals surface area contributed by atoms with E-state index in [0.717, 1.165) is 12.0 Å². The van der Waals surface area contributed by atoms with Crippen LogP contribution in [0.2, 0.25) is 0 Å². The molecule has 138 valence electrons. The fraction of sp³-hybridized carbons (Fsp3) is 0.474. The largest absolute Gasteiger partial charge is 0.326 e. The van der Waals surface area contributed by atoms with Gasteiger partial charge in [-0.1, -0.05) is 19.9 Å². The molecule has 26 heavy (non-hydrogen) atoms. The van der Waals surface area contributed by atoms with Crippen molar-refractivity contribution in [1.82, 2.24) is 10.2 Å². The Bertz CT molecular complexity index is 772. The number of rotatable bonds is 5. The van der Waals surface area contributed by atoms with Crippen LogP contribution < -0.4 is 10.6 Å². The number of hydrogen-bond donors (Lipinski definition) is 2. The summed E-state index contributed by atoms with van der Waals surface area (Å²) in [5.74, 6) is -0.642. The van der Waals surface area contributed by atoms with Crippen LogP contribution in [-0.2, 0) is 20.9 Å². The van der Waals surface area contributed by atoms with Crippen molar-refractivity contribution in [2.75, 3.05) is 5.32 Å². The van der Waals surface area contributed by atoms with E-state index in [4.69, 9.17) is 0 Å². The molecule has 1 atom stereocenters. The second-order valence-corrected chi connectivity index (χ2v) is 7.21. The average Bonchev–Trinajstić information content (AvgIpc) is 2.91. The zero-order valence-corrected chi connectivity index (χ0v) is 15.0. The molecule has 4 amide bonds. The second kappa shape index (κ2) is 7.27.